The number of carbonyl (C=O) groups is 1. The van der Waals surface area contributed by atoms with Gasteiger partial charge in [0.1, 0.15) is 11.5 Å². The van der Waals surface area contributed by atoms with Gasteiger partial charge < -0.3 is 4.74 Å². The number of nitrogens with zero attached hydrogens (tertiary/aromatic N) is 2. The van der Waals surface area contributed by atoms with Gasteiger partial charge in [-0.25, -0.2) is 9.78 Å². The molecule has 2 heterocycles. The van der Waals surface area contributed by atoms with Crippen molar-refractivity contribution in [3.63, 3.8) is 0 Å². The zero-order valence-electron chi connectivity index (χ0n) is 8.02. The minimum absolute atomic E-state index is 0.350. The van der Waals surface area contributed by atoms with Gasteiger partial charge in [-0.3, -0.25) is 4.40 Å². The van der Waals surface area contributed by atoms with Gasteiger partial charge in [-0.15, -0.1) is 0 Å². The minimum atomic E-state index is -0.350. The molecule has 0 spiro atoms. The van der Waals surface area contributed by atoms with Crippen LogP contribution in [0.4, 0.5) is 0 Å². The van der Waals surface area contributed by atoms with E-state index in [1.165, 1.54) is 7.11 Å². The van der Waals surface area contributed by atoms with E-state index in [9.17, 15) is 4.79 Å². The number of ether oxygens (including phenoxy) is 1. The Morgan fingerprint density at radius 3 is 3.00 bits per heavy atom. The maximum Gasteiger partial charge on any atom is 0.355 e. The fourth-order valence-corrected chi connectivity index (χ4v) is 1.47. The van der Waals surface area contributed by atoms with E-state index in [0.717, 1.165) is 11.3 Å². The third kappa shape index (κ3) is 1.16. The van der Waals surface area contributed by atoms with Crippen LogP contribution in [0.15, 0.2) is 24.4 Å². The van der Waals surface area contributed by atoms with Crippen molar-refractivity contribution in [3.05, 3.63) is 35.9 Å². The Labute approximate surface area is 81.1 Å². The van der Waals surface area contributed by atoms with Crippen molar-refractivity contribution in [1.29, 1.82) is 0 Å². The van der Waals surface area contributed by atoms with Gasteiger partial charge >= 0.3 is 5.97 Å². The zero-order chi connectivity index (χ0) is 10.1. The third-order valence-electron chi connectivity index (χ3n) is 2.12. The number of fused-ring (bicyclic) bond motifs is 1. The van der Waals surface area contributed by atoms with Gasteiger partial charge in [-0.05, 0) is 19.1 Å². The highest BCUT2D eigenvalue weighted by atomic mass is 16.5. The number of aryl methyl sites for hydroxylation is 1. The van der Waals surface area contributed by atoms with E-state index < -0.39 is 0 Å². The summed E-state index contributed by atoms with van der Waals surface area (Å²) < 4.78 is 6.45. The third-order valence-corrected chi connectivity index (χ3v) is 2.12. The molecule has 2 rings (SSSR count). The lowest BCUT2D eigenvalue weighted by molar-refractivity contribution is 0.0592. The van der Waals surface area contributed by atoms with Gasteiger partial charge in [0.05, 0.1) is 18.8 Å². The largest absolute Gasteiger partial charge is 0.464 e. The molecule has 4 heteroatoms. The van der Waals surface area contributed by atoms with Crippen molar-refractivity contribution < 1.29 is 9.53 Å². The van der Waals surface area contributed by atoms with Crippen LogP contribution in [0.25, 0.3) is 5.52 Å². The summed E-state index contributed by atoms with van der Waals surface area (Å²) in [5.41, 5.74) is 1.39. The number of hydrogen-bond donors (Lipinski definition) is 0. The molecule has 0 atom stereocenters. The van der Waals surface area contributed by atoms with Gasteiger partial charge in [-0.1, -0.05) is 6.07 Å². The number of methoxy groups -OCH3 is 1. The Balaban J connectivity index is 2.75. The summed E-state index contributed by atoms with van der Waals surface area (Å²) in [6.45, 7) is 1.85. The van der Waals surface area contributed by atoms with Crippen LogP contribution in [0.5, 0.6) is 0 Å². The first-order chi connectivity index (χ1) is 6.74. The first kappa shape index (κ1) is 8.74. The molecule has 0 aliphatic carbocycles. The molecule has 0 radical (unpaired) electrons. The summed E-state index contributed by atoms with van der Waals surface area (Å²) in [7, 11) is 1.37. The van der Waals surface area contributed by atoms with Crippen LogP contribution < -0.4 is 0 Å². The lowest BCUT2D eigenvalue weighted by Gasteiger charge is -2.04. The number of imidazole rings is 1. The first-order valence-corrected chi connectivity index (χ1v) is 4.25. The van der Waals surface area contributed by atoms with Crippen molar-refractivity contribution in [2.75, 3.05) is 7.11 Å². The number of pyridine rings is 1. The summed E-state index contributed by atoms with van der Waals surface area (Å²) in [5.74, 6) is 0.428. The summed E-state index contributed by atoms with van der Waals surface area (Å²) in [4.78, 5) is 15.5. The molecule has 0 fully saturated rings. The van der Waals surface area contributed by atoms with Gasteiger partial charge in [0.2, 0.25) is 0 Å². The lowest BCUT2D eigenvalue weighted by Crippen LogP contribution is -2.08. The molecule has 0 aliphatic heterocycles. The Hall–Kier alpha value is -1.84. The molecule has 0 saturated carbocycles. The molecule has 0 aromatic carbocycles. The number of carbonyl (C=O) groups excluding carboxylic acids is 1. The predicted molar refractivity (Wildman–Crippen MR) is 51.3 cm³/mol. The van der Waals surface area contributed by atoms with Crippen LogP contribution in [-0.2, 0) is 4.74 Å². The van der Waals surface area contributed by atoms with Gasteiger partial charge in [0, 0.05) is 0 Å². The van der Waals surface area contributed by atoms with Crippen LogP contribution in [0.1, 0.15) is 16.3 Å². The number of esters is 1. The molecule has 0 unspecified atom stereocenters. The highest BCUT2D eigenvalue weighted by Crippen LogP contribution is 2.10. The van der Waals surface area contributed by atoms with Crippen molar-refractivity contribution >= 4 is 11.5 Å². The second kappa shape index (κ2) is 3.14. The molecule has 0 N–H and O–H groups in total. The first-order valence-electron chi connectivity index (χ1n) is 4.25. The summed E-state index contributed by atoms with van der Waals surface area (Å²) in [6, 6.07) is 5.42. The van der Waals surface area contributed by atoms with Crippen molar-refractivity contribution in [3.8, 4) is 0 Å². The molecular formula is C10H10N2O2. The van der Waals surface area contributed by atoms with E-state index in [0.29, 0.717) is 5.69 Å². The number of aromatic nitrogens is 2. The molecule has 4 nitrogen and oxygen atoms in total. The van der Waals surface area contributed by atoms with E-state index in [1.807, 2.05) is 19.1 Å². The molecule has 0 aliphatic rings. The maximum absolute atomic E-state index is 11.4. The highest BCUT2D eigenvalue weighted by molar-refractivity contribution is 5.88. The summed E-state index contributed by atoms with van der Waals surface area (Å²) in [5, 5.41) is 0. The van der Waals surface area contributed by atoms with Crippen LogP contribution in [0.2, 0.25) is 0 Å². The number of hydrogen-bond acceptors (Lipinski definition) is 3. The fraction of sp³-hybridized carbons (Fsp3) is 0.200. The smallest absolute Gasteiger partial charge is 0.355 e. The molecule has 0 saturated heterocycles. The molecule has 2 aromatic rings. The SMILES string of the molecule is COC(=O)c1cccc2cnc(C)n12. The van der Waals surface area contributed by atoms with Crippen molar-refractivity contribution in [1.82, 2.24) is 9.38 Å². The Kier molecular flexibility index (Phi) is 1.96. The van der Waals surface area contributed by atoms with Crippen molar-refractivity contribution in [2.45, 2.75) is 6.92 Å². The van der Waals surface area contributed by atoms with Gasteiger partial charge in [-0.2, -0.15) is 0 Å². The monoisotopic (exact) mass is 190 g/mol. The second-order valence-electron chi connectivity index (χ2n) is 2.97. The molecule has 72 valence electrons. The second-order valence-corrected chi connectivity index (χ2v) is 2.97. The molecule has 0 bridgehead atoms. The Bertz CT molecular complexity index is 488. The lowest BCUT2D eigenvalue weighted by atomic mass is 10.3. The van der Waals surface area contributed by atoms with Gasteiger partial charge in [0.25, 0.3) is 0 Å². The van der Waals surface area contributed by atoms with E-state index in [4.69, 9.17) is 0 Å². The van der Waals surface area contributed by atoms with E-state index in [-0.39, 0.29) is 5.97 Å². The minimum Gasteiger partial charge on any atom is -0.464 e. The van der Waals surface area contributed by atoms with E-state index in [1.54, 1.807) is 16.7 Å². The van der Waals surface area contributed by atoms with Crippen LogP contribution >= 0.6 is 0 Å². The van der Waals surface area contributed by atoms with E-state index in [2.05, 4.69) is 9.72 Å². The van der Waals surface area contributed by atoms with E-state index >= 15 is 0 Å². The quantitative estimate of drug-likeness (QED) is 0.639. The topological polar surface area (TPSA) is 43.6 Å². The van der Waals surface area contributed by atoms with Crippen LogP contribution in [0, 0.1) is 6.92 Å². The normalized spacial score (nSPS) is 10.4. The molecular weight excluding hydrogens is 180 g/mol. The average molecular weight is 190 g/mol. The van der Waals surface area contributed by atoms with Crippen LogP contribution in [0.3, 0.4) is 0 Å². The average Bonchev–Trinajstić information content (AvgIpc) is 2.59. The van der Waals surface area contributed by atoms with Crippen molar-refractivity contribution in [2.24, 2.45) is 0 Å². The zero-order valence-corrected chi connectivity index (χ0v) is 8.02. The Morgan fingerprint density at radius 2 is 2.29 bits per heavy atom. The summed E-state index contributed by atoms with van der Waals surface area (Å²) in [6.07, 6.45) is 1.72. The fourth-order valence-electron chi connectivity index (χ4n) is 1.47. The number of rotatable bonds is 1. The summed E-state index contributed by atoms with van der Waals surface area (Å²) >= 11 is 0. The Morgan fingerprint density at radius 1 is 1.50 bits per heavy atom. The van der Waals surface area contributed by atoms with Crippen LogP contribution in [-0.4, -0.2) is 22.5 Å². The standard InChI is InChI=1S/C10H10N2O2/c1-7-11-6-8-4-3-5-9(12(7)8)10(13)14-2/h3-6H,1-2H3. The van der Waals surface area contributed by atoms with Gasteiger partial charge in [0.15, 0.2) is 0 Å². The molecule has 2 aromatic heterocycles. The molecule has 0 amide bonds. The predicted octanol–water partition coefficient (Wildman–Crippen LogP) is 1.43. The molecule has 14 heavy (non-hydrogen) atoms. The highest BCUT2D eigenvalue weighted by Gasteiger charge is 2.11. The maximum atomic E-state index is 11.4.